The molecule has 33 valence electrons. The third-order valence-electron chi connectivity index (χ3n) is 0.716. The minimum absolute atomic E-state index is 0.764. The van der Waals surface area contributed by atoms with E-state index in [4.69, 9.17) is 0 Å². The number of nitrogens with zero attached hydrogens (tertiary/aromatic N) is 1. The summed E-state index contributed by atoms with van der Waals surface area (Å²) < 4.78 is 0. The molecule has 0 spiro atoms. The molecule has 1 radical (unpaired) electrons. The lowest BCUT2D eigenvalue weighted by Crippen LogP contribution is -2.19. The van der Waals surface area contributed by atoms with Gasteiger partial charge in [0.25, 0.3) is 0 Å². The molecule has 0 atom stereocenters. The smallest absolute Gasteiger partial charge is 0.0888 e. The van der Waals surface area contributed by atoms with Crippen LogP contribution in [0.3, 0.4) is 0 Å². The quantitative estimate of drug-likeness (QED) is 0.434. The fourth-order valence-corrected chi connectivity index (χ4v) is 0.414. The van der Waals surface area contributed by atoms with E-state index in [1.165, 1.54) is 0 Å². The van der Waals surface area contributed by atoms with Gasteiger partial charge in [0.15, 0.2) is 0 Å². The van der Waals surface area contributed by atoms with Crippen LogP contribution in [0.15, 0.2) is 4.99 Å². The van der Waals surface area contributed by atoms with E-state index in [1.54, 1.807) is 0 Å². The lowest BCUT2D eigenvalue weighted by atomic mass is 10.4. The average molecular weight is 83.1 g/mol. The predicted molar refractivity (Wildman–Crippen MR) is 24.9 cm³/mol. The van der Waals surface area contributed by atoms with E-state index in [1.807, 2.05) is 0 Å². The van der Waals surface area contributed by atoms with E-state index in [9.17, 15) is 0 Å². The maximum Gasteiger partial charge on any atom is 0.0888 e. The van der Waals surface area contributed by atoms with Crippen LogP contribution >= 0.6 is 0 Å². The highest BCUT2D eigenvalue weighted by Gasteiger charge is 1.86. The summed E-state index contributed by atoms with van der Waals surface area (Å²) in [7, 11) is 0. The van der Waals surface area contributed by atoms with E-state index in [0.29, 0.717) is 0 Å². The molecule has 2 nitrogen and oxygen atoms in total. The molecule has 2 heteroatoms. The molecule has 1 rings (SSSR count). The molecule has 0 amide bonds. The minimum Gasteiger partial charge on any atom is -0.298 e. The molecule has 1 heterocycles. The van der Waals surface area contributed by atoms with Gasteiger partial charge in [-0.25, -0.2) is 0 Å². The van der Waals surface area contributed by atoms with Crippen LogP contribution in [0.2, 0.25) is 0 Å². The lowest BCUT2D eigenvalue weighted by molar-refractivity contribution is 0.699. The molecule has 0 aromatic heterocycles. The second kappa shape index (κ2) is 1.92. The molecule has 0 aromatic carbocycles. The standard InChI is InChI=1S/C4H7N2/c1-2-5-4-6-3-1/h5H,1-2,4H2. The van der Waals surface area contributed by atoms with Crippen LogP contribution in [-0.2, 0) is 0 Å². The third kappa shape index (κ3) is 0.792. The van der Waals surface area contributed by atoms with Gasteiger partial charge in [0, 0.05) is 13.0 Å². The van der Waals surface area contributed by atoms with Gasteiger partial charge in [-0.2, -0.15) is 0 Å². The maximum absolute atomic E-state index is 3.82. The second-order valence-electron chi connectivity index (χ2n) is 1.22. The van der Waals surface area contributed by atoms with Crippen molar-refractivity contribution >= 4 is 6.21 Å². The number of rotatable bonds is 0. The van der Waals surface area contributed by atoms with Crippen LogP contribution in [0.4, 0.5) is 0 Å². The summed E-state index contributed by atoms with van der Waals surface area (Å²) in [5.74, 6) is 0. The van der Waals surface area contributed by atoms with E-state index < -0.39 is 0 Å². The molecular formula is C4H7N2. The molecule has 0 saturated heterocycles. The molecule has 0 saturated carbocycles. The van der Waals surface area contributed by atoms with Crippen LogP contribution in [0.5, 0.6) is 0 Å². The Balaban J connectivity index is 2.26. The van der Waals surface area contributed by atoms with E-state index in [2.05, 4.69) is 16.5 Å². The maximum atomic E-state index is 3.82. The Morgan fingerprint density at radius 3 is 2.83 bits per heavy atom. The molecule has 0 fully saturated rings. The Labute approximate surface area is 37.3 Å². The van der Waals surface area contributed by atoms with Crippen molar-refractivity contribution in [1.29, 1.82) is 0 Å². The minimum atomic E-state index is 0.764. The number of nitrogens with one attached hydrogen (secondary N) is 1. The van der Waals surface area contributed by atoms with E-state index >= 15 is 0 Å². The first-order valence-electron chi connectivity index (χ1n) is 2.10. The number of hydrogen-bond acceptors (Lipinski definition) is 2. The fourth-order valence-electron chi connectivity index (χ4n) is 0.414. The van der Waals surface area contributed by atoms with Crippen LogP contribution in [-0.4, -0.2) is 19.4 Å². The van der Waals surface area contributed by atoms with Gasteiger partial charge in [0.2, 0.25) is 0 Å². The first-order valence-corrected chi connectivity index (χ1v) is 2.10. The van der Waals surface area contributed by atoms with Gasteiger partial charge in [-0.15, -0.1) is 0 Å². The molecule has 1 aliphatic heterocycles. The highest BCUT2D eigenvalue weighted by molar-refractivity contribution is 5.57. The van der Waals surface area contributed by atoms with Gasteiger partial charge in [-0.3, -0.25) is 10.3 Å². The summed E-state index contributed by atoms with van der Waals surface area (Å²) in [6.45, 7) is 1.81. The van der Waals surface area contributed by atoms with Crippen molar-refractivity contribution in [2.75, 3.05) is 13.2 Å². The Morgan fingerprint density at radius 2 is 2.67 bits per heavy atom. The molecular weight excluding hydrogens is 76.1 g/mol. The largest absolute Gasteiger partial charge is 0.298 e. The van der Waals surface area contributed by atoms with Crippen molar-refractivity contribution in [2.24, 2.45) is 4.99 Å². The topological polar surface area (TPSA) is 24.4 Å². The third-order valence-corrected chi connectivity index (χ3v) is 0.716. The van der Waals surface area contributed by atoms with Crippen molar-refractivity contribution in [3.05, 3.63) is 0 Å². The van der Waals surface area contributed by atoms with Gasteiger partial charge in [0.1, 0.15) is 0 Å². The van der Waals surface area contributed by atoms with Gasteiger partial charge in [-0.1, -0.05) is 0 Å². The van der Waals surface area contributed by atoms with Gasteiger partial charge in [-0.05, 0) is 0 Å². The van der Waals surface area contributed by atoms with Crippen molar-refractivity contribution < 1.29 is 0 Å². The highest BCUT2D eigenvalue weighted by atomic mass is 15.0. The van der Waals surface area contributed by atoms with E-state index in [-0.39, 0.29) is 0 Å². The monoisotopic (exact) mass is 83.1 g/mol. The summed E-state index contributed by atoms with van der Waals surface area (Å²) in [4.78, 5) is 3.82. The summed E-state index contributed by atoms with van der Waals surface area (Å²) >= 11 is 0. The lowest BCUT2D eigenvalue weighted by Gasteiger charge is -2.00. The molecule has 1 N–H and O–H groups in total. The van der Waals surface area contributed by atoms with Gasteiger partial charge in [0.05, 0.1) is 12.9 Å². The molecule has 0 unspecified atom stereocenters. The van der Waals surface area contributed by atoms with E-state index in [0.717, 1.165) is 19.6 Å². The Morgan fingerprint density at radius 1 is 1.67 bits per heavy atom. The number of hydrogen-bond donors (Lipinski definition) is 1. The van der Waals surface area contributed by atoms with Crippen LogP contribution < -0.4 is 5.32 Å². The van der Waals surface area contributed by atoms with Gasteiger partial charge < -0.3 is 0 Å². The first-order chi connectivity index (χ1) is 3.00. The molecule has 0 aliphatic carbocycles. The second-order valence-corrected chi connectivity index (χ2v) is 1.22. The van der Waals surface area contributed by atoms with Crippen LogP contribution in [0, 0.1) is 0 Å². The zero-order chi connectivity index (χ0) is 4.24. The van der Waals surface area contributed by atoms with Crippen molar-refractivity contribution in [3.8, 4) is 0 Å². The SMILES string of the molecule is [C]1=NCNCC1. The summed E-state index contributed by atoms with van der Waals surface area (Å²) in [5, 5.41) is 3.06. The normalized spacial score (nSPS) is 21.3. The van der Waals surface area contributed by atoms with Crippen LogP contribution in [0.1, 0.15) is 6.42 Å². The number of aliphatic imine (C=N–C) groups is 1. The predicted octanol–water partition coefficient (Wildman–Crippen LogP) is -0.115. The Hall–Kier alpha value is -0.370. The summed E-state index contributed by atoms with van der Waals surface area (Å²) in [6.07, 6.45) is 3.82. The zero-order valence-corrected chi connectivity index (χ0v) is 3.57. The fraction of sp³-hybridized carbons (Fsp3) is 0.750. The van der Waals surface area contributed by atoms with Gasteiger partial charge >= 0.3 is 0 Å². The zero-order valence-electron chi connectivity index (χ0n) is 3.57. The molecule has 0 aromatic rings. The van der Waals surface area contributed by atoms with Crippen molar-refractivity contribution in [1.82, 2.24) is 5.32 Å². The van der Waals surface area contributed by atoms with Crippen molar-refractivity contribution in [2.45, 2.75) is 6.42 Å². The van der Waals surface area contributed by atoms with Crippen LogP contribution in [0.25, 0.3) is 0 Å². The summed E-state index contributed by atoms with van der Waals surface area (Å²) in [6, 6.07) is 0. The Bertz CT molecular complexity index is 50.6. The average Bonchev–Trinajstić information content (AvgIpc) is 1.72. The highest BCUT2D eigenvalue weighted by Crippen LogP contribution is 1.76. The first kappa shape index (κ1) is 3.81. The van der Waals surface area contributed by atoms with Crippen molar-refractivity contribution in [3.63, 3.8) is 0 Å². The molecule has 0 bridgehead atoms. The summed E-state index contributed by atoms with van der Waals surface area (Å²) in [5.41, 5.74) is 0. The molecule has 1 aliphatic rings. The molecule has 6 heavy (non-hydrogen) atoms. The Kier molecular flexibility index (Phi) is 1.22.